The highest BCUT2D eigenvalue weighted by Gasteiger charge is 2.13. The molecule has 3 aromatic rings. The zero-order valence-electron chi connectivity index (χ0n) is 19.0. The van der Waals surface area contributed by atoms with Crippen molar-refractivity contribution >= 4 is 23.2 Å². The van der Waals surface area contributed by atoms with Crippen LogP contribution in [0, 0.1) is 11.3 Å². The number of rotatable bonds is 10. The Balaban J connectivity index is 1.59. The van der Waals surface area contributed by atoms with Crippen LogP contribution in [-0.4, -0.2) is 36.9 Å². The third-order valence-electron chi connectivity index (χ3n) is 5.00. The molecule has 0 bridgehead atoms. The van der Waals surface area contributed by atoms with Gasteiger partial charge < -0.3 is 15.4 Å². The van der Waals surface area contributed by atoms with Crippen LogP contribution in [0.2, 0.25) is 0 Å². The number of carbonyl (C=O) groups excluding carboxylic acids is 2. The molecule has 0 aliphatic carbocycles. The van der Waals surface area contributed by atoms with E-state index < -0.39 is 0 Å². The fourth-order valence-electron chi connectivity index (χ4n) is 3.42. The average molecular weight is 455 g/mol. The van der Waals surface area contributed by atoms with Crippen molar-refractivity contribution in [2.75, 3.05) is 30.8 Å². The number of carbonyl (C=O) groups is 2. The molecule has 0 aliphatic heterocycles. The number of benzene rings is 3. The summed E-state index contributed by atoms with van der Waals surface area (Å²) in [6, 6.07) is 23.3. The summed E-state index contributed by atoms with van der Waals surface area (Å²) in [4.78, 5) is 27.1. The maximum absolute atomic E-state index is 12.6. The van der Waals surface area contributed by atoms with E-state index in [2.05, 4.69) is 23.3 Å². The fourth-order valence-corrected chi connectivity index (χ4v) is 3.42. The van der Waals surface area contributed by atoms with E-state index in [1.54, 1.807) is 55.7 Å². The topological polar surface area (TPSA) is 94.5 Å². The van der Waals surface area contributed by atoms with Crippen molar-refractivity contribution in [3.05, 3.63) is 102 Å². The minimum atomic E-state index is -0.279. The van der Waals surface area contributed by atoms with Gasteiger partial charge in [0.2, 0.25) is 5.91 Å². The van der Waals surface area contributed by atoms with Crippen LogP contribution in [-0.2, 0) is 11.3 Å². The summed E-state index contributed by atoms with van der Waals surface area (Å²) in [5.74, 6) is 0.104. The van der Waals surface area contributed by atoms with Gasteiger partial charge in [-0.3, -0.25) is 14.5 Å². The van der Waals surface area contributed by atoms with Crippen molar-refractivity contribution in [3.63, 3.8) is 0 Å². The van der Waals surface area contributed by atoms with Gasteiger partial charge in [0.15, 0.2) is 0 Å². The number of hydrogen-bond acceptors (Lipinski definition) is 5. The van der Waals surface area contributed by atoms with Crippen molar-refractivity contribution in [2.24, 2.45) is 0 Å². The maximum Gasteiger partial charge on any atom is 0.255 e. The SMILES string of the molecule is C=CCN(CC(=O)Nc1ccc(C(=O)Nc2ccccc2OC)cc1)Cc1cccc(C#N)c1. The summed E-state index contributed by atoms with van der Waals surface area (Å²) in [5, 5.41) is 14.8. The molecule has 0 radical (unpaired) electrons. The lowest BCUT2D eigenvalue weighted by Crippen LogP contribution is -2.33. The first kappa shape index (κ1) is 24.2. The Kier molecular flexibility index (Phi) is 8.55. The Morgan fingerprint density at radius 3 is 2.53 bits per heavy atom. The molecule has 0 aliphatic rings. The second kappa shape index (κ2) is 12.0. The Morgan fingerprint density at radius 1 is 1.06 bits per heavy atom. The Labute approximate surface area is 199 Å². The first-order chi connectivity index (χ1) is 16.5. The third-order valence-corrected chi connectivity index (χ3v) is 5.00. The number of hydrogen-bond donors (Lipinski definition) is 2. The van der Waals surface area contributed by atoms with Gasteiger partial charge in [0.1, 0.15) is 5.75 Å². The molecule has 172 valence electrons. The van der Waals surface area contributed by atoms with Crippen molar-refractivity contribution < 1.29 is 14.3 Å². The van der Waals surface area contributed by atoms with Gasteiger partial charge in [0.05, 0.1) is 31.0 Å². The molecule has 0 fully saturated rings. The van der Waals surface area contributed by atoms with E-state index in [0.717, 1.165) is 5.56 Å². The van der Waals surface area contributed by atoms with Gasteiger partial charge >= 0.3 is 0 Å². The largest absolute Gasteiger partial charge is 0.495 e. The van der Waals surface area contributed by atoms with Gasteiger partial charge in [-0.1, -0.05) is 30.3 Å². The Hall–Kier alpha value is -4.41. The molecule has 3 rings (SSSR count). The summed E-state index contributed by atoms with van der Waals surface area (Å²) < 4.78 is 5.26. The molecule has 0 atom stereocenters. The lowest BCUT2D eigenvalue weighted by molar-refractivity contribution is -0.117. The first-order valence-electron chi connectivity index (χ1n) is 10.7. The standard InChI is InChI=1S/C27H26N4O3/c1-3-15-31(18-21-8-6-7-20(16-21)17-28)19-26(32)29-23-13-11-22(12-14-23)27(33)30-24-9-4-5-10-25(24)34-2/h3-14,16H,1,15,18-19H2,2H3,(H,29,32)(H,30,33). The van der Waals surface area contributed by atoms with Crippen LogP contribution in [0.5, 0.6) is 5.75 Å². The molecule has 7 heteroatoms. The highest BCUT2D eigenvalue weighted by Crippen LogP contribution is 2.24. The number of amides is 2. The quantitative estimate of drug-likeness (QED) is 0.442. The molecular weight excluding hydrogens is 428 g/mol. The molecule has 0 spiro atoms. The summed E-state index contributed by atoms with van der Waals surface area (Å²) in [7, 11) is 1.54. The number of nitrogens with one attached hydrogen (secondary N) is 2. The highest BCUT2D eigenvalue weighted by molar-refractivity contribution is 6.05. The summed E-state index contributed by atoms with van der Waals surface area (Å²) in [6.45, 7) is 4.95. The van der Waals surface area contributed by atoms with Crippen LogP contribution in [0.3, 0.4) is 0 Å². The van der Waals surface area contributed by atoms with Crippen molar-refractivity contribution in [1.29, 1.82) is 5.26 Å². The van der Waals surface area contributed by atoms with Crippen molar-refractivity contribution in [3.8, 4) is 11.8 Å². The lowest BCUT2D eigenvalue weighted by atomic mass is 10.1. The molecule has 0 heterocycles. The maximum atomic E-state index is 12.6. The van der Waals surface area contributed by atoms with E-state index >= 15 is 0 Å². The minimum absolute atomic E-state index is 0.152. The van der Waals surface area contributed by atoms with Crippen LogP contribution in [0.1, 0.15) is 21.5 Å². The molecule has 2 N–H and O–H groups in total. The Bertz CT molecular complexity index is 1200. The monoisotopic (exact) mass is 454 g/mol. The van der Waals surface area contributed by atoms with Crippen molar-refractivity contribution in [2.45, 2.75) is 6.54 Å². The number of nitrogens with zero attached hydrogens (tertiary/aromatic N) is 2. The van der Waals surface area contributed by atoms with Crippen LogP contribution >= 0.6 is 0 Å². The molecule has 7 nitrogen and oxygen atoms in total. The normalized spacial score (nSPS) is 10.3. The molecule has 34 heavy (non-hydrogen) atoms. The van der Waals surface area contributed by atoms with Gasteiger partial charge in [-0.15, -0.1) is 6.58 Å². The zero-order chi connectivity index (χ0) is 24.3. The fraction of sp³-hybridized carbons (Fsp3) is 0.148. The minimum Gasteiger partial charge on any atom is -0.495 e. The van der Waals surface area contributed by atoms with Crippen LogP contribution < -0.4 is 15.4 Å². The molecule has 3 aromatic carbocycles. The lowest BCUT2D eigenvalue weighted by Gasteiger charge is -2.20. The number of methoxy groups -OCH3 is 1. The van der Waals surface area contributed by atoms with Crippen LogP contribution in [0.25, 0.3) is 0 Å². The van der Waals surface area contributed by atoms with E-state index in [4.69, 9.17) is 10.00 Å². The van der Waals surface area contributed by atoms with E-state index in [-0.39, 0.29) is 18.4 Å². The van der Waals surface area contributed by atoms with Crippen LogP contribution in [0.15, 0.2) is 85.5 Å². The van der Waals surface area contributed by atoms with Gasteiger partial charge in [-0.05, 0) is 54.1 Å². The third kappa shape index (κ3) is 6.79. The second-order valence-electron chi connectivity index (χ2n) is 7.55. The number of para-hydroxylation sites is 2. The van der Waals surface area contributed by atoms with E-state index in [1.165, 1.54) is 0 Å². The van der Waals surface area contributed by atoms with Gasteiger partial charge in [0.25, 0.3) is 5.91 Å². The summed E-state index contributed by atoms with van der Waals surface area (Å²) in [5.41, 5.74) is 3.14. The highest BCUT2D eigenvalue weighted by atomic mass is 16.5. The van der Waals surface area contributed by atoms with E-state index in [1.807, 2.05) is 35.2 Å². The molecule has 0 unspecified atom stereocenters. The molecule has 0 saturated carbocycles. The second-order valence-corrected chi connectivity index (χ2v) is 7.55. The number of ether oxygens (including phenoxy) is 1. The Morgan fingerprint density at radius 2 is 1.82 bits per heavy atom. The summed E-state index contributed by atoms with van der Waals surface area (Å²) in [6.07, 6.45) is 1.73. The smallest absolute Gasteiger partial charge is 0.255 e. The first-order valence-corrected chi connectivity index (χ1v) is 10.7. The molecule has 2 amide bonds. The summed E-state index contributed by atoms with van der Waals surface area (Å²) >= 11 is 0. The predicted octanol–water partition coefficient (Wildman–Crippen LogP) is 4.45. The number of nitriles is 1. The van der Waals surface area contributed by atoms with Gasteiger partial charge in [-0.25, -0.2) is 0 Å². The molecule has 0 saturated heterocycles. The van der Waals surface area contributed by atoms with Crippen molar-refractivity contribution in [1.82, 2.24) is 4.90 Å². The average Bonchev–Trinajstić information content (AvgIpc) is 2.85. The van der Waals surface area contributed by atoms with E-state index in [0.29, 0.717) is 41.3 Å². The predicted molar refractivity (Wildman–Crippen MR) is 133 cm³/mol. The van der Waals surface area contributed by atoms with Gasteiger partial charge in [-0.2, -0.15) is 5.26 Å². The van der Waals surface area contributed by atoms with E-state index in [9.17, 15) is 9.59 Å². The molecular formula is C27H26N4O3. The van der Waals surface area contributed by atoms with Gasteiger partial charge in [0, 0.05) is 24.3 Å². The zero-order valence-corrected chi connectivity index (χ0v) is 19.0. The van der Waals surface area contributed by atoms with Crippen LogP contribution in [0.4, 0.5) is 11.4 Å². The number of anilines is 2. The molecule has 0 aromatic heterocycles.